The van der Waals surface area contributed by atoms with Gasteiger partial charge in [-0.05, 0) is 32.4 Å². The third kappa shape index (κ3) is 7.09. The van der Waals surface area contributed by atoms with Crippen molar-refractivity contribution in [1.29, 1.82) is 0 Å². The summed E-state index contributed by atoms with van der Waals surface area (Å²) in [7, 11) is -6.64. The molecule has 1 rings (SSSR count). The molecule has 0 aliphatic carbocycles. The maximum Gasteiger partial charge on any atom is 0.432 e. The lowest BCUT2D eigenvalue weighted by Crippen LogP contribution is -2.52. The van der Waals surface area contributed by atoms with Crippen LogP contribution in [0.4, 0.5) is 22.0 Å². The summed E-state index contributed by atoms with van der Waals surface area (Å²) in [6.45, 7) is 4.07. The van der Waals surface area contributed by atoms with Gasteiger partial charge in [0.25, 0.3) is 6.10 Å². The van der Waals surface area contributed by atoms with Gasteiger partial charge in [-0.2, -0.15) is 30.4 Å². The van der Waals surface area contributed by atoms with Crippen molar-refractivity contribution in [3.63, 3.8) is 0 Å². The van der Waals surface area contributed by atoms with E-state index in [1.165, 1.54) is 0 Å². The van der Waals surface area contributed by atoms with E-state index in [0.29, 0.717) is 6.42 Å². The summed E-state index contributed by atoms with van der Waals surface area (Å²) in [6.07, 6.45) is -10.2. The Morgan fingerprint density at radius 2 is 1.41 bits per heavy atom. The topological polar surface area (TPSA) is 133 Å². The van der Waals surface area contributed by atoms with Gasteiger partial charge in [0.05, 0.1) is 16.5 Å². The van der Waals surface area contributed by atoms with Crippen molar-refractivity contribution in [3.05, 3.63) is 35.4 Å². The number of carbonyl (C=O) groups is 3. The van der Waals surface area contributed by atoms with Gasteiger partial charge in [0, 0.05) is 0 Å². The van der Waals surface area contributed by atoms with Crippen molar-refractivity contribution in [2.45, 2.75) is 44.7 Å². The van der Waals surface area contributed by atoms with Gasteiger partial charge < -0.3 is 14.2 Å². The Hall–Kier alpha value is -2.81. The number of hydrogen-bond acceptors (Lipinski definition) is 8. The molecular weight excluding hydrogens is 499 g/mol. The third-order valence-electron chi connectivity index (χ3n) is 4.52. The molecule has 0 aromatic heterocycles. The highest BCUT2D eigenvalue weighted by molar-refractivity contribution is 7.86. The molecule has 1 aromatic carbocycles. The van der Waals surface area contributed by atoms with E-state index in [-0.39, 0.29) is 0 Å². The molecule has 34 heavy (non-hydrogen) atoms. The summed E-state index contributed by atoms with van der Waals surface area (Å²) in [5.74, 6) is -4.04. The van der Waals surface area contributed by atoms with Crippen LogP contribution in [0.3, 0.4) is 0 Å². The van der Waals surface area contributed by atoms with Crippen LogP contribution >= 0.6 is 0 Å². The number of ether oxygens (including phenoxy) is 3. The number of benzene rings is 1. The number of rotatable bonds is 10. The fourth-order valence-electron chi connectivity index (χ4n) is 2.16. The maximum atomic E-state index is 13.6. The Morgan fingerprint density at radius 1 is 0.941 bits per heavy atom. The van der Waals surface area contributed by atoms with Crippen LogP contribution in [0.1, 0.15) is 47.9 Å². The normalized spacial score (nSPS) is 13.7. The van der Waals surface area contributed by atoms with E-state index in [9.17, 15) is 44.8 Å². The minimum atomic E-state index is -6.64. The first-order chi connectivity index (χ1) is 15.4. The minimum Gasteiger partial charge on any atom is -0.462 e. The largest absolute Gasteiger partial charge is 0.462 e. The Morgan fingerprint density at radius 3 is 1.85 bits per heavy atom. The molecule has 0 heterocycles. The Labute approximate surface area is 190 Å². The molecule has 1 atom stereocenters. The van der Waals surface area contributed by atoms with Gasteiger partial charge in [0.2, 0.25) is 0 Å². The second-order valence-corrected chi connectivity index (χ2v) is 8.91. The molecule has 0 saturated heterocycles. The molecule has 0 saturated carbocycles. The zero-order chi connectivity index (χ0) is 26.5. The molecule has 1 aromatic rings. The van der Waals surface area contributed by atoms with E-state index in [4.69, 9.17) is 14.0 Å². The SMILES string of the molecule is CCC(C)(C)C(=O)OCCOC(=O)c1ccccc1C(=O)OC(C(F)(F)F)C(F)(F)S(=O)(=O)O. The summed E-state index contributed by atoms with van der Waals surface area (Å²) in [5, 5.41) is -5.94. The summed E-state index contributed by atoms with van der Waals surface area (Å²) >= 11 is 0. The zero-order valence-corrected chi connectivity index (χ0v) is 18.8. The van der Waals surface area contributed by atoms with Crippen molar-refractivity contribution in [2.24, 2.45) is 5.41 Å². The summed E-state index contributed by atoms with van der Waals surface area (Å²) in [6, 6.07) is 3.84. The molecule has 1 N–H and O–H groups in total. The molecule has 0 aliphatic rings. The number of halogens is 5. The standard InChI is InChI=1S/C19H21F5O9S/c1-4-17(2,3)16(27)32-10-9-31-13(25)11-7-5-6-8-12(11)14(26)33-15(18(20,21)22)19(23,24)34(28,29)30/h5-8,15H,4,9-10H2,1-3H3,(H,28,29,30). The van der Waals surface area contributed by atoms with E-state index >= 15 is 0 Å². The van der Waals surface area contributed by atoms with Crippen LogP contribution in [0.15, 0.2) is 24.3 Å². The average molecular weight is 520 g/mol. The fourth-order valence-corrected chi connectivity index (χ4v) is 2.61. The van der Waals surface area contributed by atoms with Crippen LogP contribution in [-0.4, -0.2) is 61.6 Å². The predicted octanol–water partition coefficient (Wildman–Crippen LogP) is 3.39. The highest BCUT2D eigenvalue weighted by Gasteiger charge is 2.66. The van der Waals surface area contributed by atoms with E-state index < -0.39 is 75.3 Å². The van der Waals surface area contributed by atoms with E-state index in [0.717, 1.165) is 24.3 Å². The summed E-state index contributed by atoms with van der Waals surface area (Å²) in [5.41, 5.74) is -2.47. The monoisotopic (exact) mass is 520 g/mol. The smallest absolute Gasteiger partial charge is 0.432 e. The van der Waals surface area contributed by atoms with Crippen LogP contribution in [0.2, 0.25) is 0 Å². The lowest BCUT2D eigenvalue weighted by Gasteiger charge is -2.26. The van der Waals surface area contributed by atoms with Crippen molar-refractivity contribution < 1.29 is 63.5 Å². The molecule has 1 unspecified atom stereocenters. The van der Waals surface area contributed by atoms with Crippen molar-refractivity contribution in [1.82, 2.24) is 0 Å². The molecule has 15 heteroatoms. The summed E-state index contributed by atoms with van der Waals surface area (Å²) in [4.78, 5) is 36.2. The van der Waals surface area contributed by atoms with Gasteiger partial charge in [0.1, 0.15) is 13.2 Å². The van der Waals surface area contributed by atoms with E-state index in [1.807, 2.05) is 0 Å². The molecule has 9 nitrogen and oxygen atoms in total. The van der Waals surface area contributed by atoms with Crippen LogP contribution in [-0.2, 0) is 29.1 Å². The third-order valence-corrected chi connectivity index (χ3v) is 5.43. The second-order valence-electron chi connectivity index (χ2n) is 7.42. The van der Waals surface area contributed by atoms with Gasteiger partial charge in [-0.25, -0.2) is 9.59 Å². The maximum absolute atomic E-state index is 13.6. The van der Waals surface area contributed by atoms with Gasteiger partial charge in [-0.15, -0.1) is 0 Å². The Kier molecular flexibility index (Phi) is 9.14. The van der Waals surface area contributed by atoms with E-state index in [1.54, 1.807) is 20.8 Å². The molecule has 0 aliphatic heterocycles. The van der Waals surface area contributed by atoms with Crippen LogP contribution < -0.4 is 0 Å². The predicted molar refractivity (Wildman–Crippen MR) is 104 cm³/mol. The highest BCUT2D eigenvalue weighted by atomic mass is 32.2. The highest BCUT2D eigenvalue weighted by Crippen LogP contribution is 2.38. The Bertz CT molecular complexity index is 1020. The fraction of sp³-hybridized carbons (Fsp3) is 0.526. The first-order valence-corrected chi connectivity index (χ1v) is 10.9. The number of alkyl halides is 5. The van der Waals surface area contributed by atoms with Gasteiger partial charge in [-0.1, -0.05) is 19.1 Å². The van der Waals surface area contributed by atoms with Crippen molar-refractivity contribution in [3.8, 4) is 0 Å². The second kappa shape index (κ2) is 10.6. The lowest BCUT2D eigenvalue weighted by molar-refractivity contribution is -0.248. The average Bonchev–Trinajstić information content (AvgIpc) is 2.72. The quantitative estimate of drug-likeness (QED) is 0.162. The van der Waals surface area contributed by atoms with E-state index in [2.05, 4.69) is 4.74 Å². The Balaban J connectivity index is 3.02. The van der Waals surface area contributed by atoms with Crippen LogP contribution in [0.5, 0.6) is 0 Å². The van der Waals surface area contributed by atoms with Gasteiger partial charge in [0.15, 0.2) is 0 Å². The van der Waals surface area contributed by atoms with Crippen molar-refractivity contribution >= 4 is 28.0 Å². The molecule has 192 valence electrons. The number of carbonyl (C=O) groups excluding carboxylic acids is 3. The first-order valence-electron chi connectivity index (χ1n) is 9.42. The zero-order valence-electron chi connectivity index (χ0n) is 18.0. The minimum absolute atomic E-state index is 0.392. The van der Waals surface area contributed by atoms with Crippen LogP contribution in [0.25, 0.3) is 0 Å². The molecule has 0 spiro atoms. The molecule has 0 radical (unpaired) electrons. The lowest BCUT2D eigenvalue weighted by atomic mass is 9.91. The number of esters is 3. The van der Waals surface area contributed by atoms with Gasteiger partial charge >= 0.3 is 39.5 Å². The first kappa shape index (κ1) is 29.2. The number of hydrogen-bond donors (Lipinski definition) is 1. The molecule has 0 fully saturated rings. The van der Waals surface area contributed by atoms with Crippen LogP contribution in [0, 0.1) is 5.41 Å². The molecular formula is C19H21F5O9S. The summed E-state index contributed by atoms with van der Waals surface area (Å²) < 4.78 is 110. The van der Waals surface area contributed by atoms with Crippen molar-refractivity contribution in [2.75, 3.05) is 13.2 Å². The van der Waals surface area contributed by atoms with Gasteiger partial charge in [-0.3, -0.25) is 9.35 Å². The molecule has 0 amide bonds. The molecule has 0 bridgehead atoms.